The summed E-state index contributed by atoms with van der Waals surface area (Å²) in [4.78, 5) is 4.27. The molecule has 0 fully saturated rings. The van der Waals surface area contributed by atoms with Crippen molar-refractivity contribution in [1.82, 2.24) is 4.98 Å². The minimum atomic E-state index is -4.35. The van der Waals surface area contributed by atoms with Crippen LogP contribution in [0.5, 0.6) is 5.88 Å². The van der Waals surface area contributed by atoms with E-state index in [0.29, 0.717) is 11.6 Å². The molecule has 0 aliphatic heterocycles. The summed E-state index contributed by atoms with van der Waals surface area (Å²) in [5.74, 6) is 0.606. The molecule has 0 amide bonds. The molecular formula is C17H17F3N2O. The Kier molecular flexibility index (Phi) is 4.15. The lowest BCUT2D eigenvalue weighted by atomic mass is 9.91. The van der Waals surface area contributed by atoms with Gasteiger partial charge in [0.15, 0.2) is 0 Å². The van der Waals surface area contributed by atoms with Crippen LogP contribution in [0, 0.1) is 0 Å². The molecule has 122 valence electrons. The molecule has 3 rings (SSSR count). The van der Waals surface area contributed by atoms with Crippen molar-refractivity contribution in [3.63, 3.8) is 0 Å². The third-order valence-electron chi connectivity index (χ3n) is 4.02. The summed E-state index contributed by atoms with van der Waals surface area (Å²) in [6.07, 6.45) is 1.15. The van der Waals surface area contributed by atoms with Gasteiger partial charge in [0.05, 0.1) is 24.6 Å². The van der Waals surface area contributed by atoms with Crippen LogP contribution < -0.4 is 10.1 Å². The maximum atomic E-state index is 12.8. The van der Waals surface area contributed by atoms with Crippen LogP contribution in [0.15, 0.2) is 30.5 Å². The summed E-state index contributed by atoms with van der Waals surface area (Å²) < 4.78 is 43.8. The average Bonchev–Trinajstić information content (AvgIpc) is 2.55. The van der Waals surface area contributed by atoms with E-state index in [1.54, 1.807) is 19.4 Å². The Bertz CT molecular complexity index is 713. The molecule has 0 atom stereocenters. The lowest BCUT2D eigenvalue weighted by Crippen LogP contribution is -2.10. The van der Waals surface area contributed by atoms with E-state index in [1.165, 1.54) is 6.07 Å². The number of hydrogen-bond donors (Lipinski definition) is 1. The number of rotatable bonds is 3. The predicted octanol–water partition coefficient (Wildman–Crippen LogP) is 4.73. The van der Waals surface area contributed by atoms with E-state index in [1.807, 2.05) is 0 Å². The highest BCUT2D eigenvalue weighted by molar-refractivity contribution is 5.66. The molecule has 0 unspecified atom stereocenters. The summed E-state index contributed by atoms with van der Waals surface area (Å²) in [6, 6.07) is 5.19. The molecule has 0 saturated carbocycles. The Morgan fingerprint density at radius 2 is 1.87 bits per heavy atom. The maximum Gasteiger partial charge on any atom is 0.416 e. The fraction of sp³-hybridized carbons (Fsp3) is 0.353. The van der Waals surface area contributed by atoms with Gasteiger partial charge in [-0.3, -0.25) is 0 Å². The average molecular weight is 322 g/mol. The van der Waals surface area contributed by atoms with Gasteiger partial charge in [-0.15, -0.1) is 0 Å². The fourth-order valence-corrected chi connectivity index (χ4v) is 2.93. The van der Waals surface area contributed by atoms with Crippen molar-refractivity contribution < 1.29 is 17.9 Å². The SMILES string of the molecule is COc1ncc(Nc2cccc(C(F)(F)F)c2)c2c1CCCC2. The van der Waals surface area contributed by atoms with Gasteiger partial charge in [0.2, 0.25) is 5.88 Å². The van der Waals surface area contributed by atoms with Gasteiger partial charge in [0.1, 0.15) is 0 Å². The lowest BCUT2D eigenvalue weighted by molar-refractivity contribution is -0.137. The van der Waals surface area contributed by atoms with E-state index in [2.05, 4.69) is 10.3 Å². The highest BCUT2D eigenvalue weighted by Crippen LogP contribution is 2.35. The molecule has 1 N–H and O–H groups in total. The van der Waals surface area contributed by atoms with Crippen molar-refractivity contribution in [1.29, 1.82) is 0 Å². The zero-order valence-corrected chi connectivity index (χ0v) is 12.7. The number of pyridine rings is 1. The first-order valence-electron chi connectivity index (χ1n) is 7.48. The third-order valence-corrected chi connectivity index (χ3v) is 4.02. The molecule has 1 heterocycles. The zero-order chi connectivity index (χ0) is 16.4. The standard InChI is InChI=1S/C17H17F3N2O/c1-23-16-14-8-3-2-7-13(14)15(10-21-16)22-12-6-4-5-11(9-12)17(18,19)20/h4-6,9-10,22H,2-3,7-8H2,1H3. The monoisotopic (exact) mass is 322 g/mol. The van der Waals surface area contributed by atoms with E-state index in [4.69, 9.17) is 4.74 Å². The molecule has 0 radical (unpaired) electrons. The fourth-order valence-electron chi connectivity index (χ4n) is 2.93. The normalized spacial score (nSPS) is 14.3. The number of fused-ring (bicyclic) bond motifs is 1. The second-order valence-electron chi connectivity index (χ2n) is 5.55. The van der Waals surface area contributed by atoms with E-state index < -0.39 is 11.7 Å². The quantitative estimate of drug-likeness (QED) is 0.887. The molecule has 1 aromatic heterocycles. The van der Waals surface area contributed by atoms with Gasteiger partial charge in [-0.05, 0) is 49.4 Å². The second-order valence-corrected chi connectivity index (χ2v) is 5.55. The minimum Gasteiger partial charge on any atom is -0.481 e. The van der Waals surface area contributed by atoms with E-state index >= 15 is 0 Å². The van der Waals surface area contributed by atoms with Gasteiger partial charge in [0, 0.05) is 11.3 Å². The number of hydrogen-bond acceptors (Lipinski definition) is 3. The minimum absolute atomic E-state index is 0.402. The van der Waals surface area contributed by atoms with Gasteiger partial charge in [0.25, 0.3) is 0 Å². The zero-order valence-electron chi connectivity index (χ0n) is 12.7. The van der Waals surface area contributed by atoms with Crippen molar-refractivity contribution in [2.24, 2.45) is 0 Å². The largest absolute Gasteiger partial charge is 0.481 e. The number of benzene rings is 1. The van der Waals surface area contributed by atoms with E-state index in [-0.39, 0.29) is 0 Å². The number of methoxy groups -OCH3 is 1. The van der Waals surface area contributed by atoms with Crippen molar-refractivity contribution in [3.8, 4) is 5.88 Å². The highest BCUT2D eigenvalue weighted by atomic mass is 19.4. The molecule has 6 heteroatoms. The van der Waals surface area contributed by atoms with Crippen molar-refractivity contribution in [2.75, 3.05) is 12.4 Å². The molecule has 1 aliphatic carbocycles. The van der Waals surface area contributed by atoms with Crippen molar-refractivity contribution in [3.05, 3.63) is 47.2 Å². The van der Waals surface area contributed by atoms with Crippen LogP contribution in [0.4, 0.5) is 24.5 Å². The Balaban J connectivity index is 1.95. The van der Waals surface area contributed by atoms with Crippen LogP contribution in [0.25, 0.3) is 0 Å². The third kappa shape index (κ3) is 3.25. The van der Waals surface area contributed by atoms with Gasteiger partial charge in [-0.25, -0.2) is 4.98 Å². The Labute approximate surface area is 132 Å². The summed E-state index contributed by atoms with van der Waals surface area (Å²) in [7, 11) is 1.58. The van der Waals surface area contributed by atoms with Crippen molar-refractivity contribution in [2.45, 2.75) is 31.9 Å². The molecule has 0 saturated heterocycles. The summed E-state index contributed by atoms with van der Waals surface area (Å²) in [5.41, 5.74) is 2.62. The molecule has 1 aromatic carbocycles. The predicted molar refractivity (Wildman–Crippen MR) is 82.2 cm³/mol. The van der Waals surface area contributed by atoms with E-state index in [9.17, 15) is 13.2 Å². The number of aromatic nitrogens is 1. The van der Waals surface area contributed by atoms with Crippen LogP contribution in [-0.2, 0) is 19.0 Å². The molecule has 23 heavy (non-hydrogen) atoms. The topological polar surface area (TPSA) is 34.1 Å². The van der Waals surface area contributed by atoms with Crippen LogP contribution in [0.1, 0.15) is 29.5 Å². The first kappa shape index (κ1) is 15.6. The molecule has 0 spiro atoms. The maximum absolute atomic E-state index is 12.8. The molecular weight excluding hydrogens is 305 g/mol. The molecule has 1 aliphatic rings. The van der Waals surface area contributed by atoms with Crippen molar-refractivity contribution >= 4 is 11.4 Å². The van der Waals surface area contributed by atoms with Gasteiger partial charge >= 0.3 is 6.18 Å². The Hall–Kier alpha value is -2.24. The van der Waals surface area contributed by atoms with E-state index in [0.717, 1.165) is 54.6 Å². The number of halogens is 3. The number of ether oxygens (including phenoxy) is 1. The number of anilines is 2. The molecule has 3 nitrogen and oxygen atoms in total. The van der Waals surface area contributed by atoms with Gasteiger partial charge in [-0.1, -0.05) is 6.07 Å². The number of nitrogens with one attached hydrogen (secondary N) is 1. The van der Waals surface area contributed by atoms with Crippen LogP contribution >= 0.6 is 0 Å². The number of nitrogens with zero attached hydrogens (tertiary/aromatic N) is 1. The summed E-state index contributed by atoms with van der Waals surface area (Å²) in [6.45, 7) is 0. The smallest absolute Gasteiger partial charge is 0.416 e. The second kappa shape index (κ2) is 6.10. The van der Waals surface area contributed by atoms with Gasteiger partial charge < -0.3 is 10.1 Å². The van der Waals surface area contributed by atoms with Gasteiger partial charge in [-0.2, -0.15) is 13.2 Å². The number of alkyl halides is 3. The molecule has 0 bridgehead atoms. The van der Waals surface area contributed by atoms with Crippen LogP contribution in [-0.4, -0.2) is 12.1 Å². The summed E-state index contributed by atoms with van der Waals surface area (Å²) >= 11 is 0. The van der Waals surface area contributed by atoms with Crippen LogP contribution in [0.3, 0.4) is 0 Å². The first-order chi connectivity index (χ1) is 11.0. The Morgan fingerprint density at radius 1 is 1.13 bits per heavy atom. The first-order valence-corrected chi connectivity index (χ1v) is 7.48. The molecule has 2 aromatic rings. The lowest BCUT2D eigenvalue weighted by Gasteiger charge is -2.22. The highest BCUT2D eigenvalue weighted by Gasteiger charge is 2.30. The van der Waals surface area contributed by atoms with Crippen LogP contribution in [0.2, 0.25) is 0 Å². The summed E-state index contributed by atoms with van der Waals surface area (Å²) in [5, 5.41) is 3.08. The Morgan fingerprint density at radius 3 is 2.57 bits per heavy atom.